The average molecular weight is 433 g/mol. The maximum atomic E-state index is 12.8. The van der Waals surface area contributed by atoms with Crippen molar-refractivity contribution in [1.29, 1.82) is 0 Å². The van der Waals surface area contributed by atoms with Gasteiger partial charge in [0, 0.05) is 50.3 Å². The number of carbonyl (C=O) groups is 1. The van der Waals surface area contributed by atoms with Crippen molar-refractivity contribution in [1.82, 2.24) is 9.88 Å². The second-order valence-electron chi connectivity index (χ2n) is 8.09. The van der Waals surface area contributed by atoms with E-state index in [4.69, 9.17) is 14.5 Å². The number of fused-ring (bicyclic) bond motifs is 1. The molecule has 0 saturated carbocycles. The summed E-state index contributed by atoms with van der Waals surface area (Å²) in [6.07, 6.45) is 0. The van der Waals surface area contributed by atoms with Gasteiger partial charge in [-0.2, -0.15) is 0 Å². The SMILES string of the molecule is O=C(COc1cccc2ccc(N3CCOCC3)nc12)N1CCN(c2ccccc2)CC1. The van der Waals surface area contributed by atoms with E-state index in [2.05, 4.69) is 28.0 Å². The fourth-order valence-electron chi connectivity index (χ4n) is 4.28. The van der Waals surface area contributed by atoms with E-state index in [1.54, 1.807) is 0 Å². The van der Waals surface area contributed by atoms with Gasteiger partial charge in [-0.25, -0.2) is 4.98 Å². The number of carbonyl (C=O) groups excluding carboxylic acids is 1. The molecule has 2 aromatic carbocycles. The van der Waals surface area contributed by atoms with Crippen molar-refractivity contribution in [3.8, 4) is 5.75 Å². The molecule has 2 aliphatic heterocycles. The van der Waals surface area contributed by atoms with E-state index >= 15 is 0 Å². The largest absolute Gasteiger partial charge is 0.481 e. The van der Waals surface area contributed by atoms with Crippen LogP contribution in [0.4, 0.5) is 11.5 Å². The summed E-state index contributed by atoms with van der Waals surface area (Å²) in [6, 6.07) is 20.3. The summed E-state index contributed by atoms with van der Waals surface area (Å²) in [5.41, 5.74) is 1.99. The number of nitrogens with zero attached hydrogens (tertiary/aromatic N) is 4. The number of morpholine rings is 1. The first-order chi connectivity index (χ1) is 15.8. The van der Waals surface area contributed by atoms with Gasteiger partial charge in [-0.1, -0.05) is 30.3 Å². The molecule has 7 nitrogen and oxygen atoms in total. The Morgan fingerprint density at radius 3 is 2.41 bits per heavy atom. The summed E-state index contributed by atoms with van der Waals surface area (Å²) in [6.45, 7) is 6.16. The van der Waals surface area contributed by atoms with Crippen LogP contribution in [-0.2, 0) is 9.53 Å². The molecule has 0 radical (unpaired) electrons. The highest BCUT2D eigenvalue weighted by Crippen LogP contribution is 2.27. The molecule has 7 heteroatoms. The van der Waals surface area contributed by atoms with E-state index in [1.165, 1.54) is 5.69 Å². The van der Waals surface area contributed by atoms with Gasteiger partial charge in [-0.05, 0) is 30.3 Å². The normalized spacial score (nSPS) is 16.9. The Kier molecular flexibility index (Phi) is 6.07. The fourth-order valence-corrected chi connectivity index (χ4v) is 4.28. The van der Waals surface area contributed by atoms with Crippen molar-refractivity contribution in [2.75, 3.05) is 68.9 Å². The minimum Gasteiger partial charge on any atom is -0.481 e. The molecule has 2 saturated heterocycles. The third-order valence-electron chi connectivity index (χ3n) is 6.11. The highest BCUT2D eigenvalue weighted by Gasteiger charge is 2.22. The molecular weight excluding hydrogens is 404 g/mol. The number of hydrogen-bond acceptors (Lipinski definition) is 6. The lowest BCUT2D eigenvalue weighted by molar-refractivity contribution is -0.133. The van der Waals surface area contributed by atoms with Gasteiger partial charge >= 0.3 is 0 Å². The third kappa shape index (κ3) is 4.48. The molecule has 2 aliphatic rings. The van der Waals surface area contributed by atoms with Crippen LogP contribution >= 0.6 is 0 Å². The molecule has 1 aromatic heterocycles. The van der Waals surface area contributed by atoms with Gasteiger partial charge in [0.05, 0.1) is 13.2 Å². The number of ether oxygens (including phenoxy) is 2. The van der Waals surface area contributed by atoms with Crippen molar-refractivity contribution in [2.45, 2.75) is 0 Å². The number of hydrogen-bond donors (Lipinski definition) is 0. The molecule has 0 unspecified atom stereocenters. The molecule has 3 heterocycles. The first-order valence-corrected chi connectivity index (χ1v) is 11.2. The summed E-state index contributed by atoms with van der Waals surface area (Å²) in [7, 11) is 0. The summed E-state index contributed by atoms with van der Waals surface area (Å²) in [5, 5.41) is 1.00. The Morgan fingerprint density at radius 1 is 0.844 bits per heavy atom. The van der Waals surface area contributed by atoms with Crippen LogP contribution in [0.25, 0.3) is 10.9 Å². The van der Waals surface area contributed by atoms with Crippen LogP contribution < -0.4 is 14.5 Å². The lowest BCUT2D eigenvalue weighted by atomic mass is 10.2. The molecule has 2 fully saturated rings. The summed E-state index contributed by atoms with van der Waals surface area (Å²) in [5.74, 6) is 1.58. The van der Waals surface area contributed by atoms with Gasteiger partial charge in [0.25, 0.3) is 5.91 Å². The van der Waals surface area contributed by atoms with Gasteiger partial charge in [0.1, 0.15) is 17.1 Å². The van der Waals surface area contributed by atoms with E-state index < -0.39 is 0 Å². The van der Waals surface area contributed by atoms with Gasteiger partial charge < -0.3 is 24.2 Å². The van der Waals surface area contributed by atoms with E-state index in [0.29, 0.717) is 32.1 Å². The molecule has 0 atom stereocenters. The monoisotopic (exact) mass is 432 g/mol. The predicted octanol–water partition coefficient (Wildman–Crippen LogP) is 2.80. The van der Waals surface area contributed by atoms with Crippen molar-refractivity contribution in [3.05, 3.63) is 60.7 Å². The average Bonchev–Trinajstić information content (AvgIpc) is 2.88. The molecule has 5 rings (SSSR count). The van der Waals surface area contributed by atoms with Gasteiger partial charge in [0.2, 0.25) is 0 Å². The molecule has 32 heavy (non-hydrogen) atoms. The number of anilines is 2. The number of aromatic nitrogens is 1. The van der Waals surface area contributed by atoms with Crippen LogP contribution in [0.2, 0.25) is 0 Å². The number of amides is 1. The molecule has 1 amide bonds. The number of rotatable bonds is 5. The highest BCUT2D eigenvalue weighted by molar-refractivity contribution is 5.86. The summed E-state index contributed by atoms with van der Waals surface area (Å²) < 4.78 is 11.4. The van der Waals surface area contributed by atoms with E-state index in [-0.39, 0.29) is 12.5 Å². The molecule has 0 bridgehead atoms. The Bertz CT molecular complexity index is 1060. The Balaban J connectivity index is 1.22. The van der Waals surface area contributed by atoms with Gasteiger partial charge in [0.15, 0.2) is 6.61 Å². The lowest BCUT2D eigenvalue weighted by Gasteiger charge is -2.36. The van der Waals surface area contributed by atoms with Crippen molar-refractivity contribution < 1.29 is 14.3 Å². The molecular formula is C25H28N4O3. The predicted molar refractivity (Wildman–Crippen MR) is 126 cm³/mol. The van der Waals surface area contributed by atoms with E-state index in [9.17, 15) is 4.79 Å². The van der Waals surface area contributed by atoms with Crippen molar-refractivity contribution in [2.24, 2.45) is 0 Å². The fraction of sp³-hybridized carbons (Fsp3) is 0.360. The number of benzene rings is 2. The van der Waals surface area contributed by atoms with Gasteiger partial charge in [-0.15, -0.1) is 0 Å². The zero-order valence-corrected chi connectivity index (χ0v) is 18.2. The highest BCUT2D eigenvalue weighted by atomic mass is 16.5. The topological polar surface area (TPSA) is 58.1 Å². The minimum atomic E-state index is 0.0130. The zero-order valence-electron chi connectivity index (χ0n) is 18.2. The van der Waals surface area contributed by atoms with Crippen LogP contribution in [0.15, 0.2) is 60.7 Å². The first-order valence-electron chi connectivity index (χ1n) is 11.2. The second kappa shape index (κ2) is 9.44. The summed E-state index contributed by atoms with van der Waals surface area (Å²) >= 11 is 0. The molecule has 166 valence electrons. The van der Waals surface area contributed by atoms with Crippen LogP contribution in [0.5, 0.6) is 5.75 Å². The Hall–Kier alpha value is -3.32. The third-order valence-corrected chi connectivity index (χ3v) is 6.11. The lowest BCUT2D eigenvalue weighted by Crippen LogP contribution is -2.50. The van der Waals surface area contributed by atoms with E-state index in [1.807, 2.05) is 47.4 Å². The second-order valence-corrected chi connectivity index (χ2v) is 8.09. The minimum absolute atomic E-state index is 0.0130. The quantitative estimate of drug-likeness (QED) is 0.618. The van der Waals surface area contributed by atoms with Crippen LogP contribution in [0.1, 0.15) is 0 Å². The van der Waals surface area contributed by atoms with Crippen molar-refractivity contribution in [3.63, 3.8) is 0 Å². The maximum absolute atomic E-state index is 12.8. The number of pyridine rings is 1. The number of piperazine rings is 1. The molecule has 3 aromatic rings. The van der Waals surface area contributed by atoms with Crippen LogP contribution in [-0.4, -0.2) is 74.9 Å². The smallest absolute Gasteiger partial charge is 0.260 e. The van der Waals surface area contributed by atoms with Crippen molar-refractivity contribution >= 4 is 28.3 Å². The standard InChI is InChI=1S/C25H28N4O3/c30-24(29-13-11-27(12-14-29)21-6-2-1-3-7-21)19-32-22-8-4-5-20-9-10-23(26-25(20)22)28-15-17-31-18-16-28/h1-10H,11-19H2. The molecule has 0 aliphatic carbocycles. The number of para-hydroxylation sites is 2. The summed E-state index contributed by atoms with van der Waals surface area (Å²) in [4.78, 5) is 24.1. The maximum Gasteiger partial charge on any atom is 0.260 e. The molecule has 0 N–H and O–H groups in total. The Labute approximate surface area is 188 Å². The molecule has 0 spiro atoms. The van der Waals surface area contributed by atoms with Crippen LogP contribution in [0, 0.1) is 0 Å². The zero-order chi connectivity index (χ0) is 21.8. The van der Waals surface area contributed by atoms with E-state index in [0.717, 1.165) is 42.9 Å². The van der Waals surface area contributed by atoms with Crippen LogP contribution in [0.3, 0.4) is 0 Å². The first kappa shape index (κ1) is 20.6. The van der Waals surface area contributed by atoms with Gasteiger partial charge in [-0.3, -0.25) is 4.79 Å². The Morgan fingerprint density at radius 2 is 1.62 bits per heavy atom.